The highest BCUT2D eigenvalue weighted by Crippen LogP contribution is 2.21. The quantitative estimate of drug-likeness (QED) is 0.720. The molecule has 0 aliphatic carbocycles. The Morgan fingerprint density at radius 2 is 2.07 bits per heavy atom. The fourth-order valence-electron chi connectivity index (χ4n) is 1.60. The molecule has 1 heterocycles. The first kappa shape index (κ1) is 9.00. The number of carbonyl (C=O) groups excluding carboxylic acids is 1. The van der Waals surface area contributed by atoms with Crippen LogP contribution in [0.25, 0.3) is 10.9 Å². The SMILES string of the molecule is CC(C)c1ccc2[nH]c(C=O)cc2c1. The van der Waals surface area contributed by atoms with Crippen LogP contribution in [-0.2, 0) is 0 Å². The second-order valence-corrected chi connectivity index (χ2v) is 3.84. The summed E-state index contributed by atoms with van der Waals surface area (Å²) < 4.78 is 0. The summed E-state index contributed by atoms with van der Waals surface area (Å²) in [5.74, 6) is 0.522. The van der Waals surface area contributed by atoms with E-state index in [4.69, 9.17) is 0 Å². The topological polar surface area (TPSA) is 32.9 Å². The summed E-state index contributed by atoms with van der Waals surface area (Å²) in [6, 6.07) is 8.13. The Morgan fingerprint density at radius 1 is 1.29 bits per heavy atom. The Kier molecular flexibility index (Phi) is 2.12. The summed E-state index contributed by atoms with van der Waals surface area (Å²) in [4.78, 5) is 13.6. The number of aldehydes is 1. The lowest BCUT2D eigenvalue weighted by Gasteiger charge is -2.03. The molecule has 0 radical (unpaired) electrons. The second-order valence-electron chi connectivity index (χ2n) is 3.84. The Hall–Kier alpha value is -1.57. The van der Waals surface area contributed by atoms with Crippen LogP contribution in [0.4, 0.5) is 0 Å². The molecular weight excluding hydrogens is 174 g/mol. The van der Waals surface area contributed by atoms with Crippen molar-refractivity contribution in [2.75, 3.05) is 0 Å². The first-order valence-electron chi connectivity index (χ1n) is 4.78. The van der Waals surface area contributed by atoms with Crippen LogP contribution in [0.3, 0.4) is 0 Å². The highest BCUT2D eigenvalue weighted by Gasteiger charge is 2.03. The molecule has 1 aromatic heterocycles. The van der Waals surface area contributed by atoms with Crippen LogP contribution in [-0.4, -0.2) is 11.3 Å². The Bertz CT molecular complexity index is 468. The molecule has 2 rings (SSSR count). The van der Waals surface area contributed by atoms with E-state index in [2.05, 4.69) is 31.0 Å². The summed E-state index contributed by atoms with van der Waals surface area (Å²) in [6.07, 6.45) is 0.842. The fourth-order valence-corrected chi connectivity index (χ4v) is 1.60. The molecule has 14 heavy (non-hydrogen) atoms. The number of aromatic nitrogens is 1. The Morgan fingerprint density at radius 3 is 2.71 bits per heavy atom. The molecule has 0 saturated heterocycles. The second kappa shape index (κ2) is 3.29. The van der Waals surface area contributed by atoms with Crippen molar-refractivity contribution >= 4 is 17.2 Å². The third-order valence-corrected chi connectivity index (χ3v) is 2.46. The maximum absolute atomic E-state index is 10.6. The van der Waals surface area contributed by atoms with Crippen molar-refractivity contribution in [1.82, 2.24) is 4.98 Å². The number of rotatable bonds is 2. The average Bonchev–Trinajstić information content (AvgIpc) is 2.58. The van der Waals surface area contributed by atoms with Gasteiger partial charge in [-0.2, -0.15) is 0 Å². The molecule has 72 valence electrons. The lowest BCUT2D eigenvalue weighted by Crippen LogP contribution is -1.85. The zero-order valence-electron chi connectivity index (χ0n) is 8.37. The summed E-state index contributed by atoms with van der Waals surface area (Å²) in [7, 11) is 0. The molecule has 0 bridgehead atoms. The van der Waals surface area contributed by atoms with E-state index < -0.39 is 0 Å². The number of carbonyl (C=O) groups is 1. The van der Waals surface area contributed by atoms with Gasteiger partial charge in [0.25, 0.3) is 0 Å². The van der Waals surface area contributed by atoms with Gasteiger partial charge in [0.05, 0.1) is 5.69 Å². The zero-order chi connectivity index (χ0) is 10.1. The standard InChI is InChI=1S/C12H13NO/c1-8(2)9-3-4-12-10(5-9)6-11(7-14)13-12/h3-8,13H,1-2H3. The predicted octanol–water partition coefficient (Wildman–Crippen LogP) is 3.10. The molecule has 0 aliphatic heterocycles. The van der Waals surface area contributed by atoms with Crippen molar-refractivity contribution in [1.29, 1.82) is 0 Å². The minimum atomic E-state index is 0.522. The molecule has 0 atom stereocenters. The molecule has 0 unspecified atom stereocenters. The normalized spacial score (nSPS) is 11.1. The summed E-state index contributed by atoms with van der Waals surface area (Å²) in [6.45, 7) is 4.32. The molecule has 2 aromatic rings. The van der Waals surface area contributed by atoms with Gasteiger partial charge in [0.2, 0.25) is 0 Å². The van der Waals surface area contributed by atoms with E-state index >= 15 is 0 Å². The van der Waals surface area contributed by atoms with Gasteiger partial charge in [0.15, 0.2) is 6.29 Å². The monoisotopic (exact) mass is 187 g/mol. The number of benzene rings is 1. The smallest absolute Gasteiger partial charge is 0.166 e. The first-order chi connectivity index (χ1) is 6.70. The van der Waals surface area contributed by atoms with Gasteiger partial charge in [-0.3, -0.25) is 4.79 Å². The van der Waals surface area contributed by atoms with E-state index in [0.29, 0.717) is 11.6 Å². The van der Waals surface area contributed by atoms with Crippen molar-refractivity contribution in [3.8, 4) is 0 Å². The van der Waals surface area contributed by atoms with Gasteiger partial charge in [-0.15, -0.1) is 0 Å². The third kappa shape index (κ3) is 1.43. The average molecular weight is 187 g/mol. The fraction of sp³-hybridized carbons (Fsp3) is 0.250. The third-order valence-electron chi connectivity index (χ3n) is 2.46. The van der Waals surface area contributed by atoms with Crippen molar-refractivity contribution < 1.29 is 4.79 Å². The van der Waals surface area contributed by atoms with Crippen LogP contribution < -0.4 is 0 Å². The minimum absolute atomic E-state index is 0.522. The van der Waals surface area contributed by atoms with E-state index in [1.54, 1.807) is 0 Å². The van der Waals surface area contributed by atoms with Gasteiger partial charge in [0.1, 0.15) is 0 Å². The van der Waals surface area contributed by atoms with E-state index in [1.807, 2.05) is 12.1 Å². The van der Waals surface area contributed by atoms with Gasteiger partial charge in [-0.25, -0.2) is 0 Å². The molecule has 2 heteroatoms. The summed E-state index contributed by atoms with van der Waals surface area (Å²) >= 11 is 0. The molecule has 1 N–H and O–H groups in total. The molecule has 0 spiro atoms. The van der Waals surface area contributed by atoms with Crippen LogP contribution in [0.15, 0.2) is 24.3 Å². The first-order valence-corrected chi connectivity index (χ1v) is 4.78. The summed E-state index contributed by atoms with van der Waals surface area (Å²) in [5, 5.41) is 1.11. The predicted molar refractivity (Wildman–Crippen MR) is 57.8 cm³/mol. The minimum Gasteiger partial charge on any atom is -0.352 e. The molecular formula is C12H13NO. The van der Waals surface area contributed by atoms with Gasteiger partial charge in [0, 0.05) is 10.9 Å². The Labute approximate surface area is 82.9 Å². The highest BCUT2D eigenvalue weighted by atomic mass is 16.1. The molecule has 2 nitrogen and oxygen atoms in total. The van der Waals surface area contributed by atoms with E-state index in [-0.39, 0.29) is 0 Å². The number of aromatic amines is 1. The van der Waals surface area contributed by atoms with Crippen molar-refractivity contribution in [3.63, 3.8) is 0 Å². The van der Waals surface area contributed by atoms with Gasteiger partial charge in [-0.1, -0.05) is 19.9 Å². The van der Waals surface area contributed by atoms with Crippen LogP contribution >= 0.6 is 0 Å². The lowest BCUT2D eigenvalue weighted by atomic mass is 10.0. The largest absolute Gasteiger partial charge is 0.352 e. The van der Waals surface area contributed by atoms with Gasteiger partial charge in [-0.05, 0) is 29.7 Å². The maximum atomic E-state index is 10.6. The van der Waals surface area contributed by atoms with Gasteiger partial charge >= 0.3 is 0 Å². The lowest BCUT2D eigenvalue weighted by molar-refractivity contribution is 0.112. The van der Waals surface area contributed by atoms with E-state index in [9.17, 15) is 4.79 Å². The number of fused-ring (bicyclic) bond motifs is 1. The highest BCUT2D eigenvalue weighted by molar-refractivity contribution is 5.88. The van der Waals surface area contributed by atoms with E-state index in [0.717, 1.165) is 17.2 Å². The number of H-pyrrole nitrogens is 1. The molecule has 0 amide bonds. The summed E-state index contributed by atoms with van der Waals surface area (Å²) in [5.41, 5.74) is 2.96. The maximum Gasteiger partial charge on any atom is 0.166 e. The molecule has 1 aromatic carbocycles. The Balaban J connectivity index is 2.59. The zero-order valence-corrected chi connectivity index (χ0v) is 8.37. The van der Waals surface area contributed by atoms with Crippen molar-refractivity contribution in [2.45, 2.75) is 19.8 Å². The van der Waals surface area contributed by atoms with Crippen molar-refractivity contribution in [3.05, 3.63) is 35.5 Å². The molecule has 0 fully saturated rings. The molecule has 0 aliphatic rings. The van der Waals surface area contributed by atoms with Crippen LogP contribution in [0.1, 0.15) is 35.8 Å². The van der Waals surface area contributed by atoms with Crippen LogP contribution in [0.5, 0.6) is 0 Å². The molecule has 0 saturated carbocycles. The van der Waals surface area contributed by atoms with E-state index in [1.165, 1.54) is 5.56 Å². The van der Waals surface area contributed by atoms with Crippen molar-refractivity contribution in [2.24, 2.45) is 0 Å². The number of hydrogen-bond donors (Lipinski definition) is 1. The number of nitrogens with one attached hydrogen (secondary N) is 1. The number of hydrogen-bond acceptors (Lipinski definition) is 1. The van der Waals surface area contributed by atoms with Crippen LogP contribution in [0, 0.1) is 0 Å². The van der Waals surface area contributed by atoms with Gasteiger partial charge < -0.3 is 4.98 Å². The van der Waals surface area contributed by atoms with Crippen LogP contribution in [0.2, 0.25) is 0 Å².